The lowest BCUT2D eigenvalue weighted by Crippen LogP contribution is -2.46. The van der Waals surface area contributed by atoms with Crippen molar-refractivity contribution in [2.75, 3.05) is 11.9 Å². The largest absolute Gasteiger partial charge is 0.478 e. The smallest absolute Gasteiger partial charge is 0.336 e. The zero-order valence-electron chi connectivity index (χ0n) is 21.6. The molecule has 3 rings (SSSR count). The molecule has 2 aromatic carbocycles. The number of nitrogens with one attached hydrogen (secondary N) is 3. The van der Waals surface area contributed by atoms with Gasteiger partial charge in [-0.15, -0.1) is 0 Å². The van der Waals surface area contributed by atoms with Crippen LogP contribution in [0, 0.1) is 17.7 Å². The second kappa shape index (κ2) is 11.2. The third kappa shape index (κ3) is 6.40. The monoisotopic (exact) mass is 517 g/mol. The molecule has 198 valence electrons. The van der Waals surface area contributed by atoms with Crippen molar-refractivity contribution < 1.29 is 24.6 Å². The van der Waals surface area contributed by atoms with E-state index in [1.54, 1.807) is 43.3 Å². The average Bonchev–Trinajstić information content (AvgIpc) is 2.86. The molecule has 10 nitrogen and oxygen atoms in total. The lowest BCUT2D eigenvalue weighted by atomic mass is 9.87. The van der Waals surface area contributed by atoms with Crippen LogP contribution in [0.1, 0.15) is 63.2 Å². The summed E-state index contributed by atoms with van der Waals surface area (Å²) < 4.78 is 0. The van der Waals surface area contributed by atoms with Gasteiger partial charge in [0, 0.05) is 28.1 Å². The van der Waals surface area contributed by atoms with Crippen LogP contribution in [0.15, 0.2) is 54.6 Å². The number of aromatic carboxylic acids is 1. The lowest BCUT2D eigenvalue weighted by molar-refractivity contribution is 0.0697. The standard InChI is InChI=1S/C28H31N5O5/c1-15-5-11-20(23(31-15)26(36)32-18-9-6-16(7-10-18)24(29)30)19-12-8-17(13-21(19)27(37)38)25(35)33-22(14-34)28(2,3)4/h5-13,22,34H,14H2,1-4H3,(H3,29,30)(H,32,36)(H,33,35)(H,37,38). The molecule has 0 spiro atoms. The molecule has 38 heavy (non-hydrogen) atoms. The van der Waals surface area contributed by atoms with E-state index in [1.807, 2.05) is 20.8 Å². The van der Waals surface area contributed by atoms with Crippen molar-refractivity contribution in [3.8, 4) is 11.1 Å². The predicted molar refractivity (Wildman–Crippen MR) is 145 cm³/mol. The molecule has 0 saturated heterocycles. The fourth-order valence-corrected chi connectivity index (χ4v) is 3.75. The van der Waals surface area contributed by atoms with Crippen molar-refractivity contribution in [3.05, 3.63) is 82.7 Å². The number of hydrogen-bond donors (Lipinski definition) is 6. The van der Waals surface area contributed by atoms with E-state index in [4.69, 9.17) is 11.1 Å². The van der Waals surface area contributed by atoms with Crippen LogP contribution in [0.2, 0.25) is 0 Å². The van der Waals surface area contributed by atoms with Crippen LogP contribution in [-0.2, 0) is 0 Å². The van der Waals surface area contributed by atoms with Gasteiger partial charge in [0.2, 0.25) is 0 Å². The van der Waals surface area contributed by atoms with Crippen molar-refractivity contribution in [2.45, 2.75) is 33.7 Å². The number of amidine groups is 1. The number of carboxylic acid groups (broad SMARTS) is 1. The van der Waals surface area contributed by atoms with E-state index >= 15 is 0 Å². The minimum absolute atomic E-state index is 0.00780. The number of carbonyl (C=O) groups excluding carboxylic acids is 2. The molecule has 2 amide bonds. The second-order valence-electron chi connectivity index (χ2n) is 9.93. The maximum atomic E-state index is 13.2. The summed E-state index contributed by atoms with van der Waals surface area (Å²) in [6.07, 6.45) is 0. The third-order valence-corrected chi connectivity index (χ3v) is 6.04. The highest BCUT2D eigenvalue weighted by atomic mass is 16.4. The summed E-state index contributed by atoms with van der Waals surface area (Å²) in [5.41, 5.74) is 6.98. The summed E-state index contributed by atoms with van der Waals surface area (Å²) in [6.45, 7) is 7.04. The number of carboxylic acids is 1. The number of amides is 2. The first kappa shape index (κ1) is 28.0. The molecular formula is C28H31N5O5. The van der Waals surface area contributed by atoms with Crippen molar-refractivity contribution in [1.82, 2.24) is 10.3 Å². The maximum absolute atomic E-state index is 13.2. The molecule has 1 unspecified atom stereocenters. The van der Waals surface area contributed by atoms with Gasteiger partial charge < -0.3 is 26.6 Å². The summed E-state index contributed by atoms with van der Waals surface area (Å²) >= 11 is 0. The number of carbonyl (C=O) groups is 3. The number of nitrogens with two attached hydrogens (primary N) is 1. The van der Waals surface area contributed by atoms with E-state index in [1.165, 1.54) is 18.2 Å². The van der Waals surface area contributed by atoms with Crippen LogP contribution in [0.25, 0.3) is 11.1 Å². The zero-order chi connectivity index (χ0) is 28.2. The predicted octanol–water partition coefficient (Wildman–Crippen LogP) is 3.43. The molecule has 1 aromatic heterocycles. The van der Waals surface area contributed by atoms with Gasteiger partial charge >= 0.3 is 5.97 Å². The van der Waals surface area contributed by atoms with Gasteiger partial charge in [0.15, 0.2) is 0 Å². The number of pyridine rings is 1. The van der Waals surface area contributed by atoms with Gasteiger partial charge in [0.25, 0.3) is 11.8 Å². The Morgan fingerprint density at radius 3 is 2.13 bits per heavy atom. The number of benzene rings is 2. The summed E-state index contributed by atoms with van der Waals surface area (Å²) in [5.74, 6) is -2.47. The Kier molecular flexibility index (Phi) is 8.27. The van der Waals surface area contributed by atoms with Crippen LogP contribution in [0.4, 0.5) is 5.69 Å². The molecule has 7 N–H and O–H groups in total. The van der Waals surface area contributed by atoms with Crippen molar-refractivity contribution >= 4 is 29.3 Å². The van der Waals surface area contributed by atoms with Crippen LogP contribution in [-0.4, -0.2) is 51.5 Å². The number of rotatable bonds is 8. The van der Waals surface area contributed by atoms with E-state index in [9.17, 15) is 24.6 Å². The number of nitrogens with zero attached hydrogens (tertiary/aromatic N) is 1. The Labute approximate surface area is 220 Å². The fourth-order valence-electron chi connectivity index (χ4n) is 3.75. The summed E-state index contributed by atoms with van der Waals surface area (Å²) in [5, 5.41) is 32.6. The van der Waals surface area contributed by atoms with E-state index in [-0.39, 0.29) is 40.4 Å². The van der Waals surface area contributed by atoms with Gasteiger partial charge in [-0.2, -0.15) is 0 Å². The Balaban J connectivity index is 1.99. The Morgan fingerprint density at radius 1 is 0.974 bits per heavy atom. The van der Waals surface area contributed by atoms with Gasteiger partial charge in [-0.1, -0.05) is 32.9 Å². The number of anilines is 1. The number of aliphatic hydroxyl groups excluding tert-OH is 1. The minimum Gasteiger partial charge on any atom is -0.478 e. The normalized spacial score (nSPS) is 11.9. The summed E-state index contributed by atoms with van der Waals surface area (Å²) in [4.78, 5) is 42.6. The highest BCUT2D eigenvalue weighted by molar-refractivity contribution is 6.10. The molecule has 3 aromatic rings. The number of hydrogen-bond acceptors (Lipinski definition) is 6. The third-order valence-electron chi connectivity index (χ3n) is 6.04. The molecule has 0 aliphatic carbocycles. The SMILES string of the molecule is Cc1ccc(-c2ccc(C(=O)NC(CO)C(C)(C)C)cc2C(=O)O)c(C(=O)Nc2ccc(C(=N)N)cc2)n1. The Hall–Kier alpha value is -4.57. The molecule has 1 atom stereocenters. The molecule has 0 radical (unpaired) electrons. The number of aliphatic hydroxyl groups is 1. The summed E-state index contributed by atoms with van der Waals surface area (Å²) in [7, 11) is 0. The Morgan fingerprint density at radius 2 is 1.58 bits per heavy atom. The lowest BCUT2D eigenvalue weighted by Gasteiger charge is -2.29. The summed E-state index contributed by atoms with van der Waals surface area (Å²) in [6, 6.07) is 13.3. The molecule has 1 heterocycles. The van der Waals surface area contributed by atoms with Crippen molar-refractivity contribution in [3.63, 3.8) is 0 Å². The molecule has 0 bridgehead atoms. The first-order chi connectivity index (χ1) is 17.8. The van der Waals surface area contributed by atoms with Crippen LogP contribution in [0.5, 0.6) is 0 Å². The number of aromatic nitrogens is 1. The van der Waals surface area contributed by atoms with Gasteiger partial charge in [-0.25, -0.2) is 9.78 Å². The average molecular weight is 518 g/mol. The van der Waals surface area contributed by atoms with Crippen LogP contribution in [0.3, 0.4) is 0 Å². The Bertz CT molecular complexity index is 1390. The quantitative estimate of drug-likeness (QED) is 0.196. The molecule has 0 aliphatic heterocycles. The highest BCUT2D eigenvalue weighted by Crippen LogP contribution is 2.29. The zero-order valence-corrected chi connectivity index (χ0v) is 21.6. The number of nitrogen functional groups attached to an aromatic ring is 1. The molecular weight excluding hydrogens is 486 g/mol. The number of aryl methyl sites for hydroxylation is 1. The van der Waals surface area contributed by atoms with Crippen LogP contribution < -0.4 is 16.4 Å². The van der Waals surface area contributed by atoms with Gasteiger partial charge in [-0.05, 0) is 60.4 Å². The van der Waals surface area contributed by atoms with E-state index in [0.717, 1.165) is 0 Å². The van der Waals surface area contributed by atoms with Crippen molar-refractivity contribution in [1.29, 1.82) is 5.41 Å². The van der Waals surface area contributed by atoms with Crippen molar-refractivity contribution in [2.24, 2.45) is 11.1 Å². The second-order valence-corrected chi connectivity index (χ2v) is 9.93. The fraction of sp³-hybridized carbons (Fsp3) is 0.250. The minimum atomic E-state index is -1.28. The highest BCUT2D eigenvalue weighted by Gasteiger charge is 2.27. The molecule has 0 fully saturated rings. The van der Waals surface area contributed by atoms with Gasteiger partial charge in [0.05, 0.1) is 18.2 Å². The van der Waals surface area contributed by atoms with E-state index < -0.39 is 29.2 Å². The first-order valence-corrected chi connectivity index (χ1v) is 11.8. The topological polar surface area (TPSA) is 178 Å². The molecule has 10 heteroatoms. The van der Waals surface area contributed by atoms with Gasteiger partial charge in [0.1, 0.15) is 11.5 Å². The van der Waals surface area contributed by atoms with Gasteiger partial charge in [-0.3, -0.25) is 15.0 Å². The molecule has 0 saturated carbocycles. The molecule has 0 aliphatic rings. The maximum Gasteiger partial charge on any atom is 0.336 e. The first-order valence-electron chi connectivity index (χ1n) is 11.8. The van der Waals surface area contributed by atoms with E-state index in [0.29, 0.717) is 16.9 Å². The van der Waals surface area contributed by atoms with E-state index in [2.05, 4.69) is 15.6 Å². The van der Waals surface area contributed by atoms with Crippen LogP contribution >= 0.6 is 0 Å².